The number of hydrogen-bond donors (Lipinski definition) is 2. The molecule has 0 radical (unpaired) electrons. The van der Waals surface area contributed by atoms with Crippen molar-refractivity contribution in [1.82, 2.24) is 14.9 Å². The molecule has 2 atom stereocenters. The second-order valence-electron chi connectivity index (χ2n) is 7.95. The molecular formula is C22H19FN4O5. The van der Waals surface area contributed by atoms with Crippen molar-refractivity contribution in [1.29, 1.82) is 0 Å². The predicted octanol–water partition coefficient (Wildman–Crippen LogP) is 2.22. The van der Waals surface area contributed by atoms with Gasteiger partial charge in [-0.25, -0.2) is 19.0 Å². The number of ether oxygens (including phenoxy) is 1. The van der Waals surface area contributed by atoms with E-state index in [9.17, 15) is 18.8 Å². The first-order valence-electron chi connectivity index (χ1n) is 10.1. The van der Waals surface area contributed by atoms with E-state index in [-0.39, 0.29) is 35.4 Å². The van der Waals surface area contributed by atoms with Gasteiger partial charge in [-0.15, -0.1) is 0 Å². The van der Waals surface area contributed by atoms with Crippen LogP contribution in [0.4, 0.5) is 15.0 Å². The first-order chi connectivity index (χ1) is 15.4. The average Bonchev–Trinajstić information content (AvgIpc) is 3.10. The SMILES string of the molecule is O=C(O)c1c[nH]c2nc(N3C[C@@H]4CN(C(=O)OCc5ccccc5)C[C@@H]43)c(F)cc2c1=O. The van der Waals surface area contributed by atoms with E-state index >= 15 is 0 Å². The number of aromatic nitrogens is 2. The number of nitrogens with one attached hydrogen (secondary N) is 1. The molecule has 9 nitrogen and oxygen atoms in total. The number of carboxylic acids is 1. The van der Waals surface area contributed by atoms with Crippen LogP contribution in [0, 0.1) is 11.7 Å². The summed E-state index contributed by atoms with van der Waals surface area (Å²) in [5.41, 5.74) is -0.265. The zero-order valence-electron chi connectivity index (χ0n) is 16.8. The summed E-state index contributed by atoms with van der Waals surface area (Å²) in [6.45, 7) is 1.59. The molecule has 1 aromatic carbocycles. The Morgan fingerprint density at radius 2 is 2.00 bits per heavy atom. The van der Waals surface area contributed by atoms with Gasteiger partial charge in [-0.1, -0.05) is 30.3 Å². The quantitative estimate of drug-likeness (QED) is 0.642. The number of anilines is 1. The molecule has 5 rings (SSSR count). The standard InChI is InChI=1S/C22H19FN4O5/c23-16-6-14-18(28)15(21(29)30)7-24-19(14)25-20(16)27-9-13-8-26(10-17(13)27)22(31)32-11-12-4-2-1-3-5-12/h1-7,13,17H,8-11H2,(H,29,30)(H,24,25,28)/t13-,17-/m0/s1. The van der Waals surface area contributed by atoms with Crippen LogP contribution in [0.2, 0.25) is 0 Å². The predicted molar refractivity (Wildman–Crippen MR) is 112 cm³/mol. The topological polar surface area (TPSA) is 116 Å². The van der Waals surface area contributed by atoms with E-state index in [0.29, 0.717) is 19.6 Å². The highest BCUT2D eigenvalue weighted by atomic mass is 19.1. The third-order valence-corrected chi connectivity index (χ3v) is 6.00. The van der Waals surface area contributed by atoms with Gasteiger partial charge in [0.2, 0.25) is 5.43 Å². The molecule has 0 bridgehead atoms. The lowest BCUT2D eigenvalue weighted by molar-refractivity contribution is 0.0695. The summed E-state index contributed by atoms with van der Waals surface area (Å²) in [5, 5.41) is 8.95. The summed E-state index contributed by atoms with van der Waals surface area (Å²) >= 11 is 0. The van der Waals surface area contributed by atoms with Gasteiger partial charge in [-0.05, 0) is 11.6 Å². The number of pyridine rings is 2. The second kappa shape index (κ2) is 7.63. The summed E-state index contributed by atoms with van der Waals surface area (Å²) in [6, 6.07) is 10.3. The molecule has 2 aromatic heterocycles. The molecule has 2 fully saturated rings. The Labute approximate surface area is 181 Å². The fraction of sp³-hybridized carbons (Fsp3) is 0.273. The number of halogens is 1. The number of H-pyrrole nitrogens is 1. The molecule has 10 heteroatoms. The summed E-state index contributed by atoms with van der Waals surface area (Å²) in [5.74, 6) is -1.87. The lowest BCUT2D eigenvalue weighted by Gasteiger charge is -2.44. The van der Waals surface area contributed by atoms with Crippen molar-refractivity contribution in [3.05, 3.63) is 69.8 Å². The molecule has 0 aliphatic carbocycles. The molecule has 2 N–H and O–H groups in total. The molecule has 2 saturated heterocycles. The molecule has 0 unspecified atom stereocenters. The molecule has 2 aliphatic rings. The van der Waals surface area contributed by atoms with Crippen LogP contribution in [0.15, 0.2) is 47.4 Å². The van der Waals surface area contributed by atoms with Crippen LogP contribution in [0.25, 0.3) is 11.0 Å². The van der Waals surface area contributed by atoms with Gasteiger partial charge >= 0.3 is 12.1 Å². The number of aromatic amines is 1. The number of carboxylic acid groups (broad SMARTS) is 1. The maximum absolute atomic E-state index is 14.8. The fourth-order valence-electron chi connectivity index (χ4n) is 4.31. The van der Waals surface area contributed by atoms with Gasteiger partial charge in [0.1, 0.15) is 17.8 Å². The number of benzene rings is 1. The molecule has 0 spiro atoms. The maximum atomic E-state index is 14.8. The van der Waals surface area contributed by atoms with E-state index < -0.39 is 28.9 Å². The Hall–Kier alpha value is -3.95. The van der Waals surface area contributed by atoms with Gasteiger partial charge in [-0.2, -0.15) is 0 Å². The van der Waals surface area contributed by atoms with Crippen molar-refractivity contribution >= 4 is 28.9 Å². The zero-order chi connectivity index (χ0) is 22.4. The third-order valence-electron chi connectivity index (χ3n) is 6.00. The van der Waals surface area contributed by atoms with Gasteiger partial charge in [-0.3, -0.25) is 4.79 Å². The molecule has 32 heavy (non-hydrogen) atoms. The third kappa shape index (κ3) is 3.33. The minimum atomic E-state index is -1.39. The molecule has 2 aliphatic heterocycles. The molecular weight excluding hydrogens is 419 g/mol. The number of carbonyl (C=O) groups is 2. The monoisotopic (exact) mass is 438 g/mol. The molecule has 3 aromatic rings. The van der Waals surface area contributed by atoms with E-state index in [2.05, 4.69) is 9.97 Å². The molecule has 0 saturated carbocycles. The lowest BCUT2D eigenvalue weighted by atomic mass is 9.92. The highest BCUT2D eigenvalue weighted by molar-refractivity contribution is 5.91. The number of likely N-dealkylation sites (tertiary alicyclic amines) is 1. The van der Waals surface area contributed by atoms with Crippen LogP contribution >= 0.6 is 0 Å². The average molecular weight is 438 g/mol. The number of fused-ring (bicyclic) bond motifs is 2. The van der Waals surface area contributed by atoms with Crippen molar-refractivity contribution in [3.63, 3.8) is 0 Å². The summed E-state index contributed by atoms with van der Waals surface area (Å²) < 4.78 is 20.2. The van der Waals surface area contributed by atoms with Gasteiger partial charge in [0.15, 0.2) is 11.6 Å². The maximum Gasteiger partial charge on any atom is 0.410 e. The Morgan fingerprint density at radius 3 is 2.75 bits per heavy atom. The van der Waals surface area contributed by atoms with Crippen molar-refractivity contribution in [2.24, 2.45) is 5.92 Å². The Morgan fingerprint density at radius 1 is 1.22 bits per heavy atom. The molecule has 4 heterocycles. The van der Waals surface area contributed by atoms with Crippen LogP contribution in [0.1, 0.15) is 15.9 Å². The Balaban J connectivity index is 1.31. The fourth-order valence-corrected chi connectivity index (χ4v) is 4.31. The Bertz CT molecular complexity index is 1280. The van der Waals surface area contributed by atoms with Crippen molar-refractivity contribution in [2.75, 3.05) is 24.5 Å². The largest absolute Gasteiger partial charge is 0.477 e. The van der Waals surface area contributed by atoms with E-state index in [0.717, 1.165) is 17.8 Å². The van der Waals surface area contributed by atoms with Crippen LogP contribution in [-0.4, -0.2) is 57.7 Å². The van der Waals surface area contributed by atoms with E-state index in [4.69, 9.17) is 9.84 Å². The summed E-state index contributed by atoms with van der Waals surface area (Å²) in [4.78, 5) is 46.1. The highest BCUT2D eigenvalue weighted by Crippen LogP contribution is 2.37. The van der Waals surface area contributed by atoms with Crippen LogP contribution in [0.5, 0.6) is 0 Å². The van der Waals surface area contributed by atoms with Gasteiger partial charge in [0, 0.05) is 31.7 Å². The lowest BCUT2D eigenvalue weighted by Crippen LogP contribution is -2.56. The second-order valence-corrected chi connectivity index (χ2v) is 7.95. The zero-order valence-corrected chi connectivity index (χ0v) is 16.8. The number of amides is 1. The summed E-state index contributed by atoms with van der Waals surface area (Å²) in [6.07, 6.45) is 0.640. The summed E-state index contributed by atoms with van der Waals surface area (Å²) in [7, 11) is 0. The number of carbonyl (C=O) groups excluding carboxylic acids is 1. The minimum absolute atomic E-state index is 0.0666. The van der Waals surface area contributed by atoms with Gasteiger partial charge in [0.25, 0.3) is 0 Å². The van der Waals surface area contributed by atoms with Crippen LogP contribution in [-0.2, 0) is 11.3 Å². The number of hydrogen-bond acceptors (Lipinski definition) is 6. The van der Waals surface area contributed by atoms with Crippen molar-refractivity contribution < 1.29 is 23.8 Å². The molecule has 1 amide bonds. The first kappa shape index (κ1) is 20.0. The van der Waals surface area contributed by atoms with Gasteiger partial charge in [0.05, 0.1) is 11.4 Å². The first-order valence-corrected chi connectivity index (χ1v) is 10.1. The number of aromatic carboxylic acids is 1. The van der Waals surface area contributed by atoms with E-state index in [1.807, 2.05) is 30.3 Å². The smallest absolute Gasteiger partial charge is 0.410 e. The Kier molecular flexibility index (Phi) is 4.76. The van der Waals surface area contributed by atoms with Crippen LogP contribution in [0.3, 0.4) is 0 Å². The van der Waals surface area contributed by atoms with Crippen LogP contribution < -0.4 is 10.3 Å². The van der Waals surface area contributed by atoms with Crippen molar-refractivity contribution in [2.45, 2.75) is 12.6 Å². The highest BCUT2D eigenvalue weighted by Gasteiger charge is 2.48. The van der Waals surface area contributed by atoms with E-state index in [1.54, 1.807) is 9.80 Å². The normalized spacial score (nSPS) is 19.5. The number of nitrogens with zero attached hydrogens (tertiary/aromatic N) is 3. The number of rotatable bonds is 4. The van der Waals surface area contributed by atoms with E-state index in [1.165, 1.54) is 0 Å². The van der Waals surface area contributed by atoms with Crippen molar-refractivity contribution in [3.8, 4) is 0 Å². The molecule has 164 valence electrons. The minimum Gasteiger partial charge on any atom is -0.477 e. The van der Waals surface area contributed by atoms with Gasteiger partial charge < -0.3 is 24.6 Å².